The van der Waals surface area contributed by atoms with Gasteiger partial charge in [0.05, 0.1) is 28.4 Å². The lowest BCUT2D eigenvalue weighted by atomic mass is 9.95. The van der Waals surface area contributed by atoms with Crippen LogP contribution in [0.15, 0.2) is 64.6 Å². The third kappa shape index (κ3) is 4.18. The first-order chi connectivity index (χ1) is 18.4. The first-order valence-electron chi connectivity index (χ1n) is 11.9. The third-order valence-corrected chi connectivity index (χ3v) is 7.39. The van der Waals surface area contributed by atoms with Gasteiger partial charge in [0.15, 0.2) is 11.5 Å². The van der Waals surface area contributed by atoms with E-state index in [1.54, 1.807) is 7.11 Å². The van der Waals surface area contributed by atoms with Gasteiger partial charge in [-0.15, -0.1) is 0 Å². The van der Waals surface area contributed by atoms with Crippen LogP contribution in [-0.4, -0.2) is 12.1 Å². The number of nitrogens with two attached hydrogens (primary N) is 1. The Hall–Kier alpha value is -4.59. The second-order valence-electron chi connectivity index (χ2n) is 8.96. The molecule has 0 fully saturated rings. The van der Waals surface area contributed by atoms with Crippen LogP contribution in [0.5, 0.6) is 11.5 Å². The van der Waals surface area contributed by atoms with Crippen molar-refractivity contribution in [2.24, 2.45) is 0 Å². The highest BCUT2D eigenvalue weighted by Gasteiger charge is 2.29. The Morgan fingerprint density at radius 1 is 1.05 bits per heavy atom. The Bertz CT molecular complexity index is 1770. The number of ether oxygens (including phenoxy) is 2. The molecule has 4 aromatic rings. The fraction of sp³-hybridized carbons (Fsp3) is 0.129. The Labute approximate surface area is 229 Å². The lowest BCUT2D eigenvalue weighted by molar-refractivity contribution is 0.283. The molecule has 38 heavy (non-hydrogen) atoms. The Morgan fingerprint density at radius 3 is 2.55 bits per heavy atom. The van der Waals surface area contributed by atoms with Crippen molar-refractivity contribution in [2.75, 3.05) is 12.8 Å². The number of benzene rings is 3. The van der Waals surface area contributed by atoms with Crippen molar-refractivity contribution in [3.05, 3.63) is 98.2 Å². The number of nitrogens with zero attached hydrogens (tertiary/aromatic N) is 3. The maximum absolute atomic E-state index is 9.83. The molecule has 7 heteroatoms. The summed E-state index contributed by atoms with van der Waals surface area (Å²) in [6.07, 6.45) is 1.96. The van der Waals surface area contributed by atoms with Crippen molar-refractivity contribution in [3.8, 4) is 23.6 Å². The molecule has 186 valence electrons. The topological polar surface area (TPSA) is 105 Å². The zero-order valence-corrected chi connectivity index (χ0v) is 22.7. The predicted molar refractivity (Wildman–Crippen MR) is 153 cm³/mol. The number of aromatic nitrogens is 1. The van der Waals surface area contributed by atoms with E-state index >= 15 is 0 Å². The molecule has 0 bridgehead atoms. The van der Waals surface area contributed by atoms with Crippen LogP contribution in [0, 0.1) is 29.6 Å². The fourth-order valence-corrected chi connectivity index (χ4v) is 5.47. The molecule has 2 N–H and O–H groups in total. The van der Waals surface area contributed by atoms with Crippen LogP contribution < -0.4 is 15.2 Å². The number of rotatable bonds is 5. The van der Waals surface area contributed by atoms with E-state index in [-0.39, 0.29) is 5.82 Å². The molecule has 0 aliphatic heterocycles. The molecule has 1 aliphatic rings. The highest BCUT2D eigenvalue weighted by Crippen LogP contribution is 2.45. The van der Waals surface area contributed by atoms with Crippen molar-refractivity contribution < 1.29 is 9.47 Å². The quantitative estimate of drug-likeness (QED) is 0.275. The van der Waals surface area contributed by atoms with Crippen LogP contribution in [0.1, 0.15) is 40.4 Å². The number of fused-ring (bicyclic) bond motifs is 2. The normalized spacial score (nSPS) is 13.4. The van der Waals surface area contributed by atoms with Gasteiger partial charge >= 0.3 is 0 Å². The largest absolute Gasteiger partial charge is 0.493 e. The van der Waals surface area contributed by atoms with E-state index in [1.165, 1.54) is 0 Å². The summed E-state index contributed by atoms with van der Waals surface area (Å²) in [5.74, 6) is 1.29. The summed E-state index contributed by atoms with van der Waals surface area (Å²) < 4.78 is 12.7. The summed E-state index contributed by atoms with van der Waals surface area (Å²) >= 11 is 3.66. The molecule has 6 nitrogen and oxygen atoms in total. The number of anilines is 1. The maximum Gasteiger partial charge on any atom is 0.175 e. The van der Waals surface area contributed by atoms with E-state index in [1.807, 2.05) is 50.3 Å². The summed E-state index contributed by atoms with van der Waals surface area (Å²) in [5.41, 5.74) is 12.2. The van der Waals surface area contributed by atoms with Gasteiger partial charge in [0.25, 0.3) is 0 Å². The van der Waals surface area contributed by atoms with Crippen LogP contribution in [0.2, 0.25) is 0 Å². The van der Waals surface area contributed by atoms with Gasteiger partial charge in [0.2, 0.25) is 0 Å². The predicted octanol–water partition coefficient (Wildman–Crippen LogP) is 7.20. The van der Waals surface area contributed by atoms with Crippen LogP contribution in [0.4, 0.5) is 5.82 Å². The van der Waals surface area contributed by atoms with Gasteiger partial charge in [-0.3, -0.25) is 0 Å². The molecule has 0 amide bonds. The van der Waals surface area contributed by atoms with E-state index in [2.05, 4.69) is 57.3 Å². The summed E-state index contributed by atoms with van der Waals surface area (Å²) in [6, 6.07) is 22.6. The van der Waals surface area contributed by atoms with E-state index in [4.69, 9.17) is 15.2 Å². The number of nitriles is 2. The zero-order chi connectivity index (χ0) is 27.0. The van der Waals surface area contributed by atoms with Gasteiger partial charge in [-0.1, -0.05) is 42.5 Å². The molecular weight excluding hydrogens is 540 g/mol. The summed E-state index contributed by atoms with van der Waals surface area (Å²) in [6.45, 7) is 4.08. The minimum absolute atomic E-state index is 0.127. The SMILES string of the molecule is COc1cc(/C=C2/C(C)=C(C#N)c3nc(N)c(C#N)c(C)c32)cc(Br)c1OCc1cccc2ccccc12. The Balaban J connectivity index is 1.55. The van der Waals surface area contributed by atoms with Crippen molar-refractivity contribution in [1.82, 2.24) is 4.98 Å². The second-order valence-corrected chi connectivity index (χ2v) is 9.82. The van der Waals surface area contributed by atoms with Gasteiger partial charge in [-0.2, -0.15) is 10.5 Å². The number of hydrogen-bond donors (Lipinski definition) is 1. The van der Waals surface area contributed by atoms with E-state index in [9.17, 15) is 10.5 Å². The molecule has 3 aromatic carbocycles. The Kier molecular flexibility index (Phi) is 6.63. The monoisotopic (exact) mass is 562 g/mol. The fourth-order valence-electron chi connectivity index (χ4n) is 4.89. The van der Waals surface area contributed by atoms with Crippen molar-refractivity contribution in [2.45, 2.75) is 20.5 Å². The molecule has 0 saturated heterocycles. The third-order valence-electron chi connectivity index (χ3n) is 6.80. The minimum Gasteiger partial charge on any atom is -0.493 e. The molecule has 0 saturated carbocycles. The first kappa shape index (κ1) is 25.1. The van der Waals surface area contributed by atoms with Gasteiger partial charge in [0.1, 0.15) is 24.6 Å². The maximum atomic E-state index is 9.83. The number of pyridine rings is 1. The van der Waals surface area contributed by atoms with Crippen LogP contribution in [-0.2, 0) is 6.61 Å². The molecule has 0 radical (unpaired) electrons. The molecule has 1 aromatic heterocycles. The van der Waals surface area contributed by atoms with Crippen LogP contribution >= 0.6 is 15.9 Å². The van der Waals surface area contributed by atoms with Gasteiger partial charge in [-0.25, -0.2) is 4.98 Å². The lowest BCUT2D eigenvalue weighted by Crippen LogP contribution is -2.03. The molecule has 0 unspecified atom stereocenters. The highest BCUT2D eigenvalue weighted by molar-refractivity contribution is 9.10. The molecule has 0 spiro atoms. The molecule has 5 rings (SSSR count). The smallest absolute Gasteiger partial charge is 0.175 e. The van der Waals surface area contributed by atoms with Crippen molar-refractivity contribution >= 4 is 49.7 Å². The van der Waals surface area contributed by atoms with E-state index in [0.29, 0.717) is 40.5 Å². The highest BCUT2D eigenvalue weighted by atomic mass is 79.9. The first-order valence-corrected chi connectivity index (χ1v) is 12.7. The molecule has 1 aliphatic carbocycles. The number of halogens is 1. The van der Waals surface area contributed by atoms with Crippen molar-refractivity contribution in [3.63, 3.8) is 0 Å². The number of hydrogen-bond acceptors (Lipinski definition) is 6. The number of allylic oxidation sites excluding steroid dienone is 3. The van der Waals surface area contributed by atoms with E-state index < -0.39 is 0 Å². The lowest BCUT2D eigenvalue weighted by Gasteiger charge is -2.15. The van der Waals surface area contributed by atoms with Gasteiger partial charge in [0, 0.05) is 5.56 Å². The zero-order valence-electron chi connectivity index (χ0n) is 21.1. The van der Waals surface area contributed by atoms with Crippen molar-refractivity contribution in [1.29, 1.82) is 10.5 Å². The average Bonchev–Trinajstić information content (AvgIpc) is 3.17. The Morgan fingerprint density at radius 2 is 1.82 bits per heavy atom. The standard InChI is InChI=1S/C31H23BrN4O2/c1-17-23(28-18(2)25(15-34)31(35)36-29(28)24(17)14-33)11-19-12-26(32)30(27(13-19)37-3)38-16-21-9-6-8-20-7-4-5-10-22(20)21/h4-13H,16H2,1-3H3,(H2,35,36)/b23-11-. The average molecular weight is 563 g/mol. The number of nitrogen functional groups attached to an aromatic ring is 1. The number of methoxy groups -OCH3 is 1. The van der Waals surface area contributed by atoms with Gasteiger partial charge < -0.3 is 15.2 Å². The second kappa shape index (κ2) is 10.0. The molecular formula is C31H23BrN4O2. The van der Waals surface area contributed by atoms with Gasteiger partial charge in [-0.05, 0) is 86.6 Å². The molecule has 1 heterocycles. The summed E-state index contributed by atoms with van der Waals surface area (Å²) in [5, 5.41) is 21.7. The van der Waals surface area contributed by atoms with Crippen LogP contribution in [0.3, 0.4) is 0 Å². The van der Waals surface area contributed by atoms with Crippen LogP contribution in [0.25, 0.3) is 28.0 Å². The summed E-state index contributed by atoms with van der Waals surface area (Å²) in [7, 11) is 1.60. The van der Waals surface area contributed by atoms with E-state index in [0.717, 1.165) is 43.1 Å². The summed E-state index contributed by atoms with van der Waals surface area (Å²) in [4.78, 5) is 4.40. The minimum atomic E-state index is 0.127. The molecule has 0 atom stereocenters.